The molecule has 0 fully saturated rings. The van der Waals surface area contributed by atoms with E-state index in [1.807, 2.05) is 38.1 Å². The van der Waals surface area contributed by atoms with Gasteiger partial charge in [-0.25, -0.2) is 0 Å². The second kappa shape index (κ2) is 9.94. The molecule has 0 spiro atoms. The summed E-state index contributed by atoms with van der Waals surface area (Å²) in [7, 11) is 0. The van der Waals surface area contributed by atoms with Crippen LogP contribution in [0.3, 0.4) is 0 Å². The van der Waals surface area contributed by atoms with Gasteiger partial charge in [0.25, 0.3) is 5.91 Å². The standard InChI is InChI=1S/C20H24ClN3O2/c1-14(2)23-19(25)10-11-22-13-15-6-5-7-16(12-15)24-20(26)17-8-3-4-9-18(17)21/h3-9,12,14,22H,10-11,13H2,1-2H3,(H,23,25)(H,24,26). The van der Waals surface area contributed by atoms with Gasteiger partial charge in [-0.2, -0.15) is 0 Å². The Morgan fingerprint density at radius 3 is 2.58 bits per heavy atom. The molecule has 0 bridgehead atoms. The third-order valence-electron chi connectivity index (χ3n) is 3.61. The van der Waals surface area contributed by atoms with Crippen LogP contribution in [-0.4, -0.2) is 24.4 Å². The van der Waals surface area contributed by atoms with Crippen LogP contribution < -0.4 is 16.0 Å². The van der Waals surface area contributed by atoms with E-state index in [0.717, 1.165) is 5.56 Å². The summed E-state index contributed by atoms with van der Waals surface area (Å²) in [5.41, 5.74) is 2.16. The summed E-state index contributed by atoms with van der Waals surface area (Å²) < 4.78 is 0. The molecule has 0 unspecified atom stereocenters. The minimum atomic E-state index is -0.244. The normalized spacial score (nSPS) is 10.6. The first-order valence-corrected chi connectivity index (χ1v) is 8.98. The Morgan fingerprint density at radius 2 is 1.85 bits per heavy atom. The molecule has 0 aromatic heterocycles. The van der Waals surface area contributed by atoms with Gasteiger partial charge in [-0.05, 0) is 43.7 Å². The van der Waals surface area contributed by atoms with E-state index in [2.05, 4.69) is 16.0 Å². The van der Waals surface area contributed by atoms with Gasteiger partial charge in [0.2, 0.25) is 5.91 Å². The van der Waals surface area contributed by atoms with E-state index < -0.39 is 0 Å². The largest absolute Gasteiger partial charge is 0.354 e. The van der Waals surface area contributed by atoms with Crippen molar-refractivity contribution >= 4 is 29.1 Å². The lowest BCUT2D eigenvalue weighted by Crippen LogP contribution is -2.32. The fourth-order valence-electron chi connectivity index (χ4n) is 2.43. The number of anilines is 1. The molecule has 0 aliphatic heterocycles. The Labute approximate surface area is 159 Å². The zero-order valence-electron chi connectivity index (χ0n) is 15.0. The quantitative estimate of drug-likeness (QED) is 0.619. The Morgan fingerprint density at radius 1 is 1.08 bits per heavy atom. The molecule has 2 amide bonds. The summed E-state index contributed by atoms with van der Waals surface area (Å²) in [6, 6.07) is 14.7. The van der Waals surface area contributed by atoms with Gasteiger partial charge < -0.3 is 16.0 Å². The van der Waals surface area contributed by atoms with Crippen LogP contribution in [0.2, 0.25) is 5.02 Å². The van der Waals surface area contributed by atoms with Crippen molar-refractivity contribution in [3.05, 3.63) is 64.7 Å². The molecule has 2 rings (SSSR count). The van der Waals surface area contributed by atoms with E-state index in [1.165, 1.54) is 0 Å². The zero-order chi connectivity index (χ0) is 18.9. The van der Waals surface area contributed by atoms with Crippen LogP contribution in [0.1, 0.15) is 36.2 Å². The predicted molar refractivity (Wildman–Crippen MR) is 105 cm³/mol. The molecule has 0 radical (unpaired) electrons. The average Bonchev–Trinajstić information content (AvgIpc) is 2.59. The monoisotopic (exact) mass is 373 g/mol. The number of amides is 2. The van der Waals surface area contributed by atoms with Crippen LogP contribution in [-0.2, 0) is 11.3 Å². The molecule has 26 heavy (non-hydrogen) atoms. The minimum absolute atomic E-state index is 0.0354. The van der Waals surface area contributed by atoms with Gasteiger partial charge in [0, 0.05) is 31.2 Å². The minimum Gasteiger partial charge on any atom is -0.354 e. The number of rotatable bonds is 8. The van der Waals surface area contributed by atoms with Crippen molar-refractivity contribution in [2.75, 3.05) is 11.9 Å². The third kappa shape index (κ3) is 6.50. The second-order valence-corrected chi connectivity index (χ2v) is 6.69. The van der Waals surface area contributed by atoms with E-state index in [9.17, 15) is 9.59 Å². The van der Waals surface area contributed by atoms with Crippen molar-refractivity contribution in [3.63, 3.8) is 0 Å². The summed E-state index contributed by atoms with van der Waals surface area (Å²) in [6.45, 7) is 5.08. The maximum absolute atomic E-state index is 12.3. The highest BCUT2D eigenvalue weighted by atomic mass is 35.5. The lowest BCUT2D eigenvalue weighted by molar-refractivity contribution is -0.121. The molecule has 0 atom stereocenters. The summed E-state index contributed by atoms with van der Waals surface area (Å²) in [5.74, 6) is -0.209. The van der Waals surface area contributed by atoms with Crippen molar-refractivity contribution in [2.45, 2.75) is 32.9 Å². The highest BCUT2D eigenvalue weighted by Crippen LogP contribution is 2.18. The van der Waals surface area contributed by atoms with E-state index in [1.54, 1.807) is 24.3 Å². The van der Waals surface area contributed by atoms with Crippen LogP contribution in [0.5, 0.6) is 0 Å². The van der Waals surface area contributed by atoms with Gasteiger partial charge in [0.15, 0.2) is 0 Å². The molecule has 0 heterocycles. The first-order chi connectivity index (χ1) is 12.5. The van der Waals surface area contributed by atoms with Crippen LogP contribution in [0.15, 0.2) is 48.5 Å². The number of carbonyl (C=O) groups excluding carboxylic acids is 2. The van der Waals surface area contributed by atoms with Crippen molar-refractivity contribution < 1.29 is 9.59 Å². The van der Waals surface area contributed by atoms with Crippen LogP contribution in [0.4, 0.5) is 5.69 Å². The molecule has 5 nitrogen and oxygen atoms in total. The molecule has 0 aliphatic rings. The lowest BCUT2D eigenvalue weighted by Gasteiger charge is -2.10. The van der Waals surface area contributed by atoms with Crippen molar-refractivity contribution in [1.29, 1.82) is 0 Å². The summed E-state index contributed by atoms with van der Waals surface area (Å²) >= 11 is 6.05. The summed E-state index contributed by atoms with van der Waals surface area (Å²) in [5, 5.41) is 9.36. The second-order valence-electron chi connectivity index (χ2n) is 6.28. The Bertz CT molecular complexity index is 762. The smallest absolute Gasteiger partial charge is 0.257 e. The van der Waals surface area contributed by atoms with E-state index in [0.29, 0.717) is 35.8 Å². The highest BCUT2D eigenvalue weighted by molar-refractivity contribution is 6.34. The molecule has 6 heteroatoms. The molecule has 138 valence electrons. The van der Waals surface area contributed by atoms with Crippen LogP contribution in [0.25, 0.3) is 0 Å². The summed E-state index contributed by atoms with van der Waals surface area (Å²) in [4.78, 5) is 23.9. The van der Waals surface area contributed by atoms with Crippen molar-refractivity contribution in [1.82, 2.24) is 10.6 Å². The predicted octanol–water partition coefficient (Wildman–Crippen LogP) is 3.60. The van der Waals surface area contributed by atoms with Gasteiger partial charge in [-0.15, -0.1) is 0 Å². The molecule has 0 saturated carbocycles. The molecule has 2 aromatic carbocycles. The maximum atomic E-state index is 12.3. The molecular formula is C20H24ClN3O2. The molecule has 3 N–H and O–H groups in total. The number of hydrogen-bond donors (Lipinski definition) is 3. The van der Waals surface area contributed by atoms with Crippen LogP contribution in [0, 0.1) is 0 Å². The van der Waals surface area contributed by atoms with Gasteiger partial charge in [0.1, 0.15) is 0 Å². The fourth-order valence-corrected chi connectivity index (χ4v) is 2.65. The Hall–Kier alpha value is -2.37. The lowest BCUT2D eigenvalue weighted by atomic mass is 10.1. The highest BCUT2D eigenvalue weighted by Gasteiger charge is 2.10. The van der Waals surface area contributed by atoms with E-state index in [4.69, 9.17) is 11.6 Å². The Kier molecular flexibility index (Phi) is 7.63. The van der Waals surface area contributed by atoms with E-state index in [-0.39, 0.29) is 17.9 Å². The fraction of sp³-hybridized carbons (Fsp3) is 0.300. The number of carbonyl (C=O) groups is 2. The Balaban J connectivity index is 1.85. The summed E-state index contributed by atoms with van der Waals surface area (Å²) in [6.07, 6.45) is 0.432. The van der Waals surface area contributed by atoms with Crippen LogP contribution >= 0.6 is 11.6 Å². The first kappa shape index (κ1) is 19.9. The number of hydrogen-bond acceptors (Lipinski definition) is 3. The number of benzene rings is 2. The van der Waals surface area contributed by atoms with Gasteiger partial charge in [-0.3, -0.25) is 9.59 Å². The average molecular weight is 374 g/mol. The van der Waals surface area contributed by atoms with Gasteiger partial charge in [-0.1, -0.05) is 35.9 Å². The van der Waals surface area contributed by atoms with E-state index >= 15 is 0 Å². The molecular weight excluding hydrogens is 350 g/mol. The molecule has 0 saturated heterocycles. The molecule has 2 aromatic rings. The first-order valence-electron chi connectivity index (χ1n) is 8.60. The van der Waals surface area contributed by atoms with Crippen molar-refractivity contribution in [2.24, 2.45) is 0 Å². The SMILES string of the molecule is CC(C)NC(=O)CCNCc1cccc(NC(=O)c2ccccc2Cl)c1. The number of nitrogens with one attached hydrogen (secondary N) is 3. The zero-order valence-corrected chi connectivity index (χ0v) is 15.8. The number of halogens is 1. The van der Waals surface area contributed by atoms with Crippen molar-refractivity contribution in [3.8, 4) is 0 Å². The van der Waals surface area contributed by atoms with Gasteiger partial charge in [0.05, 0.1) is 10.6 Å². The van der Waals surface area contributed by atoms with Gasteiger partial charge >= 0.3 is 0 Å². The molecule has 0 aliphatic carbocycles. The third-order valence-corrected chi connectivity index (χ3v) is 3.94. The maximum Gasteiger partial charge on any atom is 0.257 e. The topological polar surface area (TPSA) is 70.2 Å².